The molecule has 178 valence electrons. The van der Waals surface area contributed by atoms with Crippen molar-refractivity contribution in [1.82, 2.24) is 24.5 Å². The molecule has 0 radical (unpaired) electrons. The van der Waals surface area contributed by atoms with Gasteiger partial charge in [-0.2, -0.15) is 0 Å². The zero-order valence-corrected chi connectivity index (χ0v) is 17.6. The van der Waals surface area contributed by atoms with Crippen molar-refractivity contribution in [2.45, 2.75) is 37.0 Å². The molecule has 1 aromatic carbocycles. The molecular weight excluding hydrogens is 448 g/mol. The molecule has 13 nitrogen and oxygen atoms in total. The number of fused-ring (bicyclic) bond motifs is 2. The second kappa shape index (κ2) is 8.53. The summed E-state index contributed by atoms with van der Waals surface area (Å²) in [6, 6.07) is 3.72. The number of ether oxygens (including phenoxy) is 1. The largest absolute Gasteiger partial charge is 0.508 e. The van der Waals surface area contributed by atoms with Gasteiger partial charge in [-0.25, -0.2) is 19.7 Å². The Bertz CT molecular complexity index is 1350. The van der Waals surface area contributed by atoms with Gasteiger partial charge >= 0.3 is 5.97 Å². The fraction of sp³-hybridized carbons (Fsp3) is 0.333. The van der Waals surface area contributed by atoms with Crippen LogP contribution in [-0.4, -0.2) is 87.0 Å². The number of aliphatic hydroxyl groups excluding tert-OH is 3. The van der Waals surface area contributed by atoms with E-state index in [0.717, 1.165) is 5.52 Å². The van der Waals surface area contributed by atoms with Gasteiger partial charge in [-0.05, 0) is 23.8 Å². The van der Waals surface area contributed by atoms with E-state index < -0.39 is 43.2 Å². The lowest BCUT2D eigenvalue weighted by atomic mass is 10.0. The number of carboxylic acid groups (broad SMARTS) is 1. The quantitative estimate of drug-likeness (QED) is 0.188. The fourth-order valence-corrected chi connectivity index (χ4v) is 4.17. The molecule has 1 aliphatic heterocycles. The Morgan fingerprint density at radius 2 is 2.06 bits per heavy atom. The van der Waals surface area contributed by atoms with E-state index in [4.69, 9.17) is 4.74 Å². The second-order valence-corrected chi connectivity index (χ2v) is 8.06. The summed E-state index contributed by atoms with van der Waals surface area (Å²) in [5, 5.41) is 52.9. The molecule has 1 aliphatic rings. The number of hydrogen-bond donors (Lipinski definition) is 7. The molecule has 0 spiro atoms. The van der Waals surface area contributed by atoms with Gasteiger partial charge in [-0.3, -0.25) is 4.57 Å². The average Bonchev–Trinajstić information content (AvgIpc) is 3.50. The number of anilines is 1. The van der Waals surface area contributed by atoms with E-state index in [2.05, 4.69) is 25.3 Å². The Kier molecular flexibility index (Phi) is 5.53. The molecule has 0 bridgehead atoms. The highest BCUT2D eigenvalue weighted by Gasteiger charge is 2.44. The molecule has 0 saturated carbocycles. The minimum Gasteiger partial charge on any atom is -0.508 e. The number of imidazole rings is 1. The van der Waals surface area contributed by atoms with Crippen molar-refractivity contribution in [1.29, 1.82) is 0 Å². The van der Waals surface area contributed by atoms with E-state index in [-0.39, 0.29) is 29.2 Å². The third kappa shape index (κ3) is 3.70. The maximum atomic E-state index is 12.0. The van der Waals surface area contributed by atoms with Gasteiger partial charge in [-0.1, -0.05) is 0 Å². The van der Waals surface area contributed by atoms with Crippen molar-refractivity contribution < 1.29 is 35.1 Å². The molecule has 13 heteroatoms. The number of aliphatic hydroxyl groups is 3. The number of aromatic amines is 1. The topological polar surface area (TPSA) is 199 Å². The van der Waals surface area contributed by atoms with Crippen LogP contribution in [0.2, 0.25) is 0 Å². The van der Waals surface area contributed by atoms with Gasteiger partial charge in [0.25, 0.3) is 0 Å². The monoisotopic (exact) mass is 470 g/mol. The second-order valence-electron chi connectivity index (χ2n) is 8.06. The number of hydrogen-bond acceptors (Lipinski definition) is 10. The van der Waals surface area contributed by atoms with Gasteiger partial charge in [0.05, 0.1) is 12.9 Å². The summed E-state index contributed by atoms with van der Waals surface area (Å²) < 4.78 is 6.93. The number of carbonyl (C=O) groups is 1. The maximum absolute atomic E-state index is 12.0. The minimum atomic E-state index is -1.33. The number of phenols is 1. The minimum absolute atomic E-state index is 0.0705. The van der Waals surface area contributed by atoms with Gasteiger partial charge in [-0.15, -0.1) is 0 Å². The lowest BCUT2D eigenvalue weighted by Gasteiger charge is -2.17. The fourth-order valence-electron chi connectivity index (χ4n) is 4.17. The number of nitrogens with zero attached hydrogens (tertiary/aromatic N) is 4. The van der Waals surface area contributed by atoms with E-state index in [0.29, 0.717) is 10.9 Å². The van der Waals surface area contributed by atoms with Crippen molar-refractivity contribution >= 4 is 33.9 Å². The summed E-state index contributed by atoms with van der Waals surface area (Å²) in [6.45, 7) is -0.477. The molecule has 2 unspecified atom stereocenters. The Hall–Kier alpha value is -3.78. The molecule has 1 saturated heterocycles. The van der Waals surface area contributed by atoms with Crippen LogP contribution >= 0.6 is 0 Å². The third-order valence-electron chi connectivity index (χ3n) is 5.93. The lowest BCUT2D eigenvalue weighted by Crippen LogP contribution is -2.33. The Morgan fingerprint density at radius 3 is 2.79 bits per heavy atom. The van der Waals surface area contributed by atoms with Gasteiger partial charge in [0.2, 0.25) is 0 Å². The highest BCUT2D eigenvalue weighted by Crippen LogP contribution is 2.32. The third-order valence-corrected chi connectivity index (χ3v) is 5.93. The number of aliphatic carboxylic acids is 1. The first-order valence-corrected chi connectivity index (χ1v) is 10.5. The zero-order chi connectivity index (χ0) is 24.0. The number of carboxylic acids is 1. The zero-order valence-electron chi connectivity index (χ0n) is 17.6. The van der Waals surface area contributed by atoms with Crippen LogP contribution in [0, 0.1) is 0 Å². The summed E-state index contributed by atoms with van der Waals surface area (Å²) in [5.74, 6) is -0.893. The smallest absolute Gasteiger partial charge is 0.326 e. The number of phenolic OH excluding ortho intramolecular Hbond substituents is 1. The van der Waals surface area contributed by atoms with Crippen LogP contribution in [0.5, 0.6) is 5.75 Å². The van der Waals surface area contributed by atoms with Gasteiger partial charge in [0.15, 0.2) is 23.2 Å². The molecule has 7 N–H and O–H groups in total. The number of H-pyrrole nitrogens is 1. The van der Waals surface area contributed by atoms with Crippen LogP contribution in [0.4, 0.5) is 5.82 Å². The molecular formula is C21H22N6O7. The van der Waals surface area contributed by atoms with Crippen LogP contribution in [-0.2, 0) is 16.0 Å². The van der Waals surface area contributed by atoms with E-state index in [1.54, 1.807) is 18.3 Å². The predicted molar refractivity (Wildman–Crippen MR) is 117 cm³/mol. The summed E-state index contributed by atoms with van der Waals surface area (Å²) in [7, 11) is 0. The molecule has 4 aromatic rings. The first kappa shape index (κ1) is 22.0. The van der Waals surface area contributed by atoms with E-state index in [9.17, 15) is 30.3 Å². The molecule has 0 amide bonds. The highest BCUT2D eigenvalue weighted by molar-refractivity contribution is 5.88. The lowest BCUT2D eigenvalue weighted by molar-refractivity contribution is -0.137. The predicted octanol–water partition coefficient (Wildman–Crippen LogP) is -0.268. The summed E-state index contributed by atoms with van der Waals surface area (Å²) in [6.07, 6.45) is -0.313. The SMILES string of the molecule is O=C(O)C(Cc1c[nH]c2ccc(O)cc12)Nc1ncnc2c1ncn2[C@@H]1O[C@H](CO)C(O)[C@@H]1O. The summed E-state index contributed by atoms with van der Waals surface area (Å²) in [4.78, 5) is 27.7. The number of benzene rings is 1. The molecule has 4 heterocycles. The van der Waals surface area contributed by atoms with E-state index >= 15 is 0 Å². The standard InChI is InChI=1S/C21H22N6O7/c28-6-14-16(30)17(31)20(34-14)27-8-25-15-18(23-7-24-19(15)27)26-13(21(32)33)3-9-5-22-12-2-1-10(29)4-11(9)12/h1-2,4-5,7-8,13-14,16-17,20,22,28-31H,3,6H2,(H,32,33)(H,23,24,26)/t13?,14-,16?,17+,20-/m1/s1. The molecule has 0 aliphatic carbocycles. The Balaban J connectivity index is 1.44. The Morgan fingerprint density at radius 1 is 1.24 bits per heavy atom. The van der Waals surface area contributed by atoms with Crippen molar-refractivity contribution in [2.75, 3.05) is 11.9 Å². The van der Waals surface area contributed by atoms with Crippen LogP contribution in [0.25, 0.3) is 22.1 Å². The van der Waals surface area contributed by atoms with Crippen molar-refractivity contribution in [2.24, 2.45) is 0 Å². The number of aromatic nitrogens is 5. The van der Waals surface area contributed by atoms with Crippen LogP contribution < -0.4 is 5.32 Å². The van der Waals surface area contributed by atoms with Crippen molar-refractivity contribution in [3.8, 4) is 5.75 Å². The molecule has 34 heavy (non-hydrogen) atoms. The number of aromatic hydroxyl groups is 1. The maximum Gasteiger partial charge on any atom is 0.326 e. The summed E-state index contributed by atoms with van der Waals surface area (Å²) in [5.41, 5.74) is 1.93. The van der Waals surface area contributed by atoms with Gasteiger partial charge in [0.1, 0.15) is 36.4 Å². The van der Waals surface area contributed by atoms with Crippen LogP contribution in [0.15, 0.2) is 37.1 Å². The molecule has 5 rings (SSSR count). The van der Waals surface area contributed by atoms with E-state index in [1.807, 2.05) is 0 Å². The van der Waals surface area contributed by atoms with E-state index in [1.165, 1.54) is 23.3 Å². The number of rotatable bonds is 7. The molecule has 5 atom stereocenters. The van der Waals surface area contributed by atoms with Gasteiger partial charge < -0.3 is 40.6 Å². The highest BCUT2D eigenvalue weighted by atomic mass is 16.6. The molecule has 1 fully saturated rings. The molecule has 3 aromatic heterocycles. The number of nitrogens with one attached hydrogen (secondary N) is 2. The summed E-state index contributed by atoms with van der Waals surface area (Å²) >= 11 is 0. The first-order valence-electron chi connectivity index (χ1n) is 10.5. The van der Waals surface area contributed by atoms with Crippen LogP contribution in [0.3, 0.4) is 0 Å². The first-order chi connectivity index (χ1) is 16.4. The Labute approximate surface area is 191 Å². The average molecular weight is 470 g/mol. The van der Waals surface area contributed by atoms with Crippen LogP contribution in [0.1, 0.15) is 11.8 Å². The van der Waals surface area contributed by atoms with Gasteiger partial charge in [0, 0.05) is 23.5 Å². The van der Waals surface area contributed by atoms with Crippen molar-refractivity contribution in [3.63, 3.8) is 0 Å². The van der Waals surface area contributed by atoms with Crippen molar-refractivity contribution in [3.05, 3.63) is 42.6 Å². The normalized spacial score (nSPS) is 23.5.